The van der Waals surface area contributed by atoms with E-state index in [4.69, 9.17) is 10.5 Å². The number of nitrogens with two attached hydrogens (primary N) is 1. The van der Waals surface area contributed by atoms with E-state index in [9.17, 15) is 14.7 Å². The summed E-state index contributed by atoms with van der Waals surface area (Å²) in [6.07, 6.45) is 0. The molecule has 0 aliphatic heterocycles. The highest BCUT2D eigenvalue weighted by Gasteiger charge is 2.37. The predicted octanol–water partition coefficient (Wildman–Crippen LogP) is 2.88. The zero-order valence-corrected chi connectivity index (χ0v) is 13.4. The molecular weight excluding hydrogens is 294 g/mol. The van der Waals surface area contributed by atoms with Crippen molar-refractivity contribution in [3.8, 4) is 0 Å². The van der Waals surface area contributed by atoms with Crippen molar-refractivity contribution in [2.45, 2.75) is 32.4 Å². The number of fused-ring (bicyclic) bond motifs is 1. The lowest BCUT2D eigenvalue weighted by molar-refractivity contribution is -0.167. The molecule has 5 heteroatoms. The van der Waals surface area contributed by atoms with E-state index in [1.807, 2.05) is 30.3 Å². The summed E-state index contributed by atoms with van der Waals surface area (Å²) in [6, 6.07) is 12.0. The molecule has 2 aromatic rings. The van der Waals surface area contributed by atoms with Gasteiger partial charge in [0.05, 0.1) is 6.04 Å². The minimum atomic E-state index is -1.46. The van der Waals surface area contributed by atoms with Crippen LogP contribution in [0.5, 0.6) is 0 Å². The molecule has 0 spiro atoms. The summed E-state index contributed by atoms with van der Waals surface area (Å²) in [5.41, 5.74) is 5.98. The fraction of sp³-hybridized carbons (Fsp3) is 0.333. The molecule has 3 N–H and O–H groups in total. The van der Waals surface area contributed by atoms with Gasteiger partial charge in [-0.15, -0.1) is 0 Å². The summed E-state index contributed by atoms with van der Waals surface area (Å²) in [5.74, 6) is -3.58. The van der Waals surface area contributed by atoms with Crippen molar-refractivity contribution in [3.63, 3.8) is 0 Å². The topological polar surface area (TPSA) is 89.6 Å². The monoisotopic (exact) mass is 315 g/mol. The summed E-state index contributed by atoms with van der Waals surface area (Å²) in [5, 5.41) is 11.2. The van der Waals surface area contributed by atoms with E-state index in [0.717, 1.165) is 10.8 Å². The summed E-state index contributed by atoms with van der Waals surface area (Å²) < 4.78 is 5.22. The molecule has 1 unspecified atom stereocenters. The van der Waals surface area contributed by atoms with Crippen molar-refractivity contribution in [1.29, 1.82) is 0 Å². The molecule has 0 aliphatic carbocycles. The number of hydrogen-bond donors (Lipinski definition) is 2. The molecule has 122 valence electrons. The summed E-state index contributed by atoms with van der Waals surface area (Å²) in [7, 11) is 0. The van der Waals surface area contributed by atoms with Gasteiger partial charge >= 0.3 is 11.9 Å². The Bertz CT molecular complexity index is 728. The maximum atomic E-state index is 12.3. The van der Waals surface area contributed by atoms with Gasteiger partial charge in [-0.2, -0.15) is 0 Å². The van der Waals surface area contributed by atoms with Crippen LogP contribution in [-0.4, -0.2) is 22.6 Å². The second-order valence-corrected chi connectivity index (χ2v) is 6.44. The van der Waals surface area contributed by atoms with Gasteiger partial charge in [0.2, 0.25) is 0 Å². The molecule has 0 amide bonds. The van der Waals surface area contributed by atoms with E-state index in [1.54, 1.807) is 32.9 Å². The van der Waals surface area contributed by atoms with Gasteiger partial charge in [0.25, 0.3) is 0 Å². The Morgan fingerprint density at radius 3 is 2.30 bits per heavy atom. The first kappa shape index (κ1) is 17.0. The molecule has 0 saturated heterocycles. The van der Waals surface area contributed by atoms with E-state index in [2.05, 4.69) is 0 Å². The summed E-state index contributed by atoms with van der Waals surface area (Å²) in [6.45, 7) is 5.06. The number of carbonyl (C=O) groups excluding carboxylic acids is 1. The van der Waals surface area contributed by atoms with Crippen LogP contribution in [0.2, 0.25) is 0 Å². The van der Waals surface area contributed by atoms with Gasteiger partial charge in [-0.25, -0.2) is 0 Å². The van der Waals surface area contributed by atoms with Gasteiger partial charge in [-0.1, -0.05) is 42.5 Å². The van der Waals surface area contributed by atoms with Gasteiger partial charge in [0, 0.05) is 0 Å². The molecule has 0 radical (unpaired) electrons. The molecule has 5 nitrogen and oxygen atoms in total. The highest BCUT2D eigenvalue weighted by molar-refractivity contribution is 5.96. The molecule has 2 rings (SSSR count). The first-order valence-electron chi connectivity index (χ1n) is 7.39. The van der Waals surface area contributed by atoms with Crippen LogP contribution in [0.25, 0.3) is 10.8 Å². The van der Waals surface area contributed by atoms with Gasteiger partial charge in [-0.05, 0) is 37.1 Å². The van der Waals surface area contributed by atoms with Crippen LogP contribution < -0.4 is 5.73 Å². The maximum Gasteiger partial charge on any atom is 0.322 e. The number of aliphatic carboxylic acids is 1. The molecule has 2 atom stereocenters. The zero-order valence-electron chi connectivity index (χ0n) is 13.4. The van der Waals surface area contributed by atoms with Crippen LogP contribution >= 0.6 is 0 Å². The molecule has 2 aromatic carbocycles. The number of rotatable bonds is 4. The van der Waals surface area contributed by atoms with Crippen molar-refractivity contribution < 1.29 is 19.4 Å². The molecular formula is C18H21NO4. The normalized spacial score (nSPS) is 14.3. The Labute approximate surface area is 135 Å². The van der Waals surface area contributed by atoms with E-state index in [-0.39, 0.29) is 0 Å². The van der Waals surface area contributed by atoms with Crippen molar-refractivity contribution >= 4 is 22.7 Å². The van der Waals surface area contributed by atoms with Crippen molar-refractivity contribution in [1.82, 2.24) is 0 Å². The Morgan fingerprint density at radius 2 is 1.70 bits per heavy atom. The molecule has 0 saturated carbocycles. The average molecular weight is 315 g/mol. The quantitative estimate of drug-likeness (QED) is 0.669. The van der Waals surface area contributed by atoms with E-state index in [1.165, 1.54) is 0 Å². The van der Waals surface area contributed by atoms with Gasteiger partial charge in [0.15, 0.2) is 5.92 Å². The van der Waals surface area contributed by atoms with Crippen LogP contribution in [0, 0.1) is 5.92 Å². The van der Waals surface area contributed by atoms with Crippen LogP contribution in [0.3, 0.4) is 0 Å². The Kier molecular flexibility index (Phi) is 4.71. The molecule has 23 heavy (non-hydrogen) atoms. The number of benzene rings is 2. The fourth-order valence-corrected chi connectivity index (χ4v) is 2.49. The maximum absolute atomic E-state index is 12.3. The third-order valence-electron chi connectivity index (χ3n) is 3.47. The number of carboxylic acid groups (broad SMARTS) is 1. The van der Waals surface area contributed by atoms with Gasteiger partial charge < -0.3 is 15.6 Å². The van der Waals surface area contributed by atoms with E-state index < -0.39 is 29.5 Å². The Hall–Kier alpha value is -2.40. The largest absolute Gasteiger partial charge is 0.481 e. The molecule has 0 bridgehead atoms. The van der Waals surface area contributed by atoms with Crippen molar-refractivity contribution in [2.24, 2.45) is 11.7 Å². The van der Waals surface area contributed by atoms with Gasteiger partial charge in [-0.3, -0.25) is 9.59 Å². The molecule has 0 heterocycles. The van der Waals surface area contributed by atoms with Crippen molar-refractivity contribution in [3.05, 3.63) is 48.0 Å². The Balaban J connectivity index is 2.43. The highest BCUT2D eigenvalue weighted by atomic mass is 16.6. The number of hydrogen-bond acceptors (Lipinski definition) is 4. The highest BCUT2D eigenvalue weighted by Crippen LogP contribution is 2.29. The summed E-state index contributed by atoms with van der Waals surface area (Å²) in [4.78, 5) is 23.9. The molecule has 0 fully saturated rings. The fourth-order valence-electron chi connectivity index (χ4n) is 2.49. The standard InChI is InChI=1S/C18H21NO4/c1-18(2,3)23-17(22)14(16(20)21)15(19)13-10-6-8-11-7-4-5-9-12(11)13/h4-10,14-15H,19H2,1-3H3,(H,20,21)/t14-,15?/m0/s1. The van der Waals surface area contributed by atoms with Crippen LogP contribution in [0.15, 0.2) is 42.5 Å². The smallest absolute Gasteiger partial charge is 0.322 e. The SMILES string of the molecule is CC(C)(C)OC(=O)[C@H](C(=O)O)C(N)c1cccc2ccccc12. The number of esters is 1. The number of carboxylic acids is 1. The Morgan fingerprint density at radius 1 is 1.09 bits per heavy atom. The lowest BCUT2D eigenvalue weighted by Gasteiger charge is -2.25. The molecule has 0 aromatic heterocycles. The van der Waals surface area contributed by atoms with Crippen molar-refractivity contribution in [2.75, 3.05) is 0 Å². The predicted molar refractivity (Wildman–Crippen MR) is 87.8 cm³/mol. The minimum Gasteiger partial charge on any atom is -0.481 e. The third kappa shape index (κ3) is 3.87. The average Bonchev–Trinajstić information content (AvgIpc) is 2.44. The number of carbonyl (C=O) groups is 2. The van der Waals surface area contributed by atoms with E-state index >= 15 is 0 Å². The lowest BCUT2D eigenvalue weighted by atomic mass is 9.90. The second-order valence-electron chi connectivity index (χ2n) is 6.44. The van der Waals surface area contributed by atoms with E-state index in [0.29, 0.717) is 5.56 Å². The second kappa shape index (κ2) is 6.38. The van der Waals surface area contributed by atoms with Gasteiger partial charge in [0.1, 0.15) is 5.60 Å². The molecule has 0 aliphatic rings. The lowest BCUT2D eigenvalue weighted by Crippen LogP contribution is -2.39. The number of ether oxygens (including phenoxy) is 1. The van der Waals surface area contributed by atoms with Crippen LogP contribution in [0.1, 0.15) is 32.4 Å². The first-order valence-corrected chi connectivity index (χ1v) is 7.39. The van der Waals surface area contributed by atoms with Crippen LogP contribution in [0.4, 0.5) is 0 Å². The minimum absolute atomic E-state index is 0.612. The third-order valence-corrected chi connectivity index (χ3v) is 3.47. The summed E-state index contributed by atoms with van der Waals surface area (Å²) >= 11 is 0. The zero-order chi connectivity index (χ0) is 17.2. The van der Waals surface area contributed by atoms with Crippen LogP contribution in [-0.2, 0) is 14.3 Å². The first-order chi connectivity index (χ1) is 10.7.